The van der Waals surface area contributed by atoms with Crippen LogP contribution in [0.15, 0.2) is 47.7 Å². The Morgan fingerprint density at radius 3 is 2.31 bits per heavy atom. The summed E-state index contributed by atoms with van der Waals surface area (Å²) in [6.45, 7) is 12.0. The molecular weight excluding hydrogens is 453 g/mol. The van der Waals surface area contributed by atoms with Crippen LogP contribution < -0.4 is 5.73 Å². The van der Waals surface area contributed by atoms with Gasteiger partial charge in [-0.15, -0.1) is 0 Å². The molecule has 0 saturated heterocycles. The van der Waals surface area contributed by atoms with Gasteiger partial charge in [-0.2, -0.15) is 5.26 Å². The van der Waals surface area contributed by atoms with E-state index in [0.717, 1.165) is 5.92 Å². The number of Topliss-reactive ketones (excluding diaryl/α,β-unsaturated/α-hetero) is 1. The second-order valence-electron chi connectivity index (χ2n) is 9.41. The van der Waals surface area contributed by atoms with Crippen LogP contribution in [-0.4, -0.2) is 30.1 Å². The molecule has 0 amide bonds. The van der Waals surface area contributed by atoms with E-state index in [1.165, 1.54) is 57.2 Å². The molecule has 0 bridgehead atoms. The van der Waals surface area contributed by atoms with Crippen molar-refractivity contribution in [1.82, 2.24) is 4.90 Å². The van der Waals surface area contributed by atoms with Gasteiger partial charge in [-0.05, 0) is 51.0 Å². The quantitative estimate of drug-likeness (QED) is 0.181. The zero-order valence-electron chi connectivity index (χ0n) is 23.2. The topological polar surface area (TPSA) is 87.2 Å². The van der Waals surface area contributed by atoms with Crippen LogP contribution in [0, 0.1) is 23.1 Å². The number of hydrogen-bond acceptors (Lipinski definition) is 5. The monoisotopic (exact) mass is 497 g/mol. The maximum absolute atomic E-state index is 14.1. The lowest BCUT2D eigenvalue weighted by atomic mass is 10.0. The number of benzene rings is 1. The third kappa shape index (κ3) is 13.6. The van der Waals surface area contributed by atoms with Crippen molar-refractivity contribution in [3.05, 3.63) is 64.6 Å². The number of hydrogen-bond donors (Lipinski definition) is 1. The van der Waals surface area contributed by atoms with Crippen LogP contribution in [0.3, 0.4) is 0 Å². The summed E-state index contributed by atoms with van der Waals surface area (Å²) in [5.41, 5.74) is 7.43. The SMILES string of the molecule is C/C=C(\C=C(\c1ccc(C#N)c(F)c1)N(C)CCC(=O)/C=C(/C)N)C(C)=O.CCCCCCC(C)C. The summed E-state index contributed by atoms with van der Waals surface area (Å²) in [6.07, 6.45) is 12.0. The summed E-state index contributed by atoms with van der Waals surface area (Å²) in [5, 5.41) is 8.91. The van der Waals surface area contributed by atoms with Gasteiger partial charge in [0.15, 0.2) is 11.6 Å². The second kappa shape index (κ2) is 18.1. The van der Waals surface area contributed by atoms with E-state index in [2.05, 4.69) is 20.8 Å². The second-order valence-corrected chi connectivity index (χ2v) is 9.41. The van der Waals surface area contributed by atoms with Gasteiger partial charge >= 0.3 is 0 Å². The molecule has 6 heteroatoms. The van der Waals surface area contributed by atoms with Gasteiger partial charge in [0.2, 0.25) is 0 Å². The average Bonchev–Trinajstić information content (AvgIpc) is 2.80. The minimum Gasteiger partial charge on any atom is -0.402 e. The van der Waals surface area contributed by atoms with Crippen molar-refractivity contribution in [3.63, 3.8) is 0 Å². The first-order valence-corrected chi connectivity index (χ1v) is 12.7. The number of unbranched alkanes of at least 4 members (excludes halogenated alkanes) is 3. The van der Waals surface area contributed by atoms with Gasteiger partial charge in [0.05, 0.1) is 5.56 Å². The third-order valence-electron chi connectivity index (χ3n) is 5.52. The molecule has 0 heterocycles. The Labute approximate surface area is 217 Å². The summed E-state index contributed by atoms with van der Waals surface area (Å²) >= 11 is 0. The highest BCUT2D eigenvalue weighted by Crippen LogP contribution is 2.23. The summed E-state index contributed by atoms with van der Waals surface area (Å²) in [7, 11) is 1.75. The standard InChI is InChI=1S/C21H24FN3O2.C9H20/c1-5-16(15(3)26)12-21(17-6-7-18(13-23)20(22)11-17)25(4)9-8-19(27)10-14(2)24;1-4-5-6-7-8-9(2)3/h5-7,10-12H,8-9,24H2,1-4H3;9H,4-8H2,1-3H3/b14-10-,16-5+,21-12-;. The first kappa shape index (κ1) is 32.8. The Bertz CT molecular complexity index is 980. The van der Waals surface area contributed by atoms with Crippen LogP contribution in [0.5, 0.6) is 0 Å². The number of nitriles is 1. The molecule has 198 valence electrons. The van der Waals surface area contributed by atoms with Gasteiger partial charge in [0.1, 0.15) is 11.9 Å². The number of ketones is 2. The molecule has 0 radical (unpaired) electrons. The van der Waals surface area contributed by atoms with Gasteiger partial charge in [-0.25, -0.2) is 4.39 Å². The highest BCUT2D eigenvalue weighted by atomic mass is 19.1. The van der Waals surface area contributed by atoms with Crippen LogP contribution in [0.25, 0.3) is 5.70 Å². The highest BCUT2D eigenvalue weighted by Gasteiger charge is 2.14. The van der Waals surface area contributed by atoms with Crippen LogP contribution >= 0.6 is 0 Å². The molecule has 0 atom stereocenters. The molecule has 0 aromatic heterocycles. The third-order valence-corrected chi connectivity index (χ3v) is 5.52. The van der Waals surface area contributed by atoms with Crippen LogP contribution in [-0.2, 0) is 9.59 Å². The molecule has 0 aliphatic carbocycles. The average molecular weight is 498 g/mol. The summed E-state index contributed by atoms with van der Waals surface area (Å²) in [6, 6.07) is 6.04. The fourth-order valence-corrected chi connectivity index (χ4v) is 3.42. The molecule has 36 heavy (non-hydrogen) atoms. The molecule has 0 unspecified atom stereocenters. The predicted octanol–water partition coefficient (Wildman–Crippen LogP) is 6.94. The fraction of sp³-hybridized carbons (Fsp3) is 0.500. The summed E-state index contributed by atoms with van der Waals surface area (Å²) < 4.78 is 14.1. The minimum absolute atomic E-state index is 0.0580. The van der Waals surface area contributed by atoms with E-state index in [1.807, 2.05) is 0 Å². The minimum atomic E-state index is -0.642. The molecule has 1 aromatic rings. The number of nitrogens with two attached hydrogens (primary N) is 1. The maximum Gasteiger partial charge on any atom is 0.159 e. The number of rotatable bonds is 13. The van der Waals surface area contributed by atoms with Crippen molar-refractivity contribution in [1.29, 1.82) is 5.26 Å². The van der Waals surface area contributed by atoms with E-state index in [4.69, 9.17) is 11.0 Å². The molecule has 5 nitrogen and oxygen atoms in total. The molecule has 2 N–H and O–H groups in total. The normalized spacial score (nSPS) is 12.1. The molecule has 1 aromatic carbocycles. The molecule has 1 rings (SSSR count). The fourth-order valence-electron chi connectivity index (χ4n) is 3.42. The van der Waals surface area contributed by atoms with Crippen molar-refractivity contribution >= 4 is 17.3 Å². The largest absolute Gasteiger partial charge is 0.402 e. The Morgan fingerprint density at radius 1 is 1.17 bits per heavy atom. The van der Waals surface area contributed by atoms with E-state index < -0.39 is 5.82 Å². The first-order chi connectivity index (χ1) is 17.0. The van der Waals surface area contributed by atoms with E-state index >= 15 is 0 Å². The lowest BCUT2D eigenvalue weighted by Gasteiger charge is -2.23. The van der Waals surface area contributed by atoms with Crippen molar-refractivity contribution in [2.75, 3.05) is 13.6 Å². The van der Waals surface area contributed by atoms with Gasteiger partial charge in [-0.1, -0.05) is 65.0 Å². The summed E-state index contributed by atoms with van der Waals surface area (Å²) in [5.74, 6) is 0.0130. The van der Waals surface area contributed by atoms with Crippen molar-refractivity contribution in [2.24, 2.45) is 11.7 Å². The zero-order chi connectivity index (χ0) is 27.7. The van der Waals surface area contributed by atoms with Gasteiger partial charge in [-0.3, -0.25) is 9.59 Å². The van der Waals surface area contributed by atoms with E-state index in [1.54, 1.807) is 50.1 Å². The van der Waals surface area contributed by atoms with E-state index in [9.17, 15) is 14.0 Å². The number of carbonyl (C=O) groups is 2. The van der Waals surface area contributed by atoms with E-state index in [-0.39, 0.29) is 23.6 Å². The molecule has 0 aliphatic rings. The number of carbonyl (C=O) groups excluding carboxylic acids is 2. The number of allylic oxidation sites excluding steroid dienone is 5. The number of nitrogens with zero attached hydrogens (tertiary/aromatic N) is 2. The summed E-state index contributed by atoms with van der Waals surface area (Å²) in [4.78, 5) is 25.4. The molecule has 0 fully saturated rings. The maximum atomic E-state index is 14.1. The Balaban J connectivity index is 0.00000115. The lowest BCUT2D eigenvalue weighted by Crippen LogP contribution is -2.21. The molecule has 0 saturated carbocycles. The van der Waals surface area contributed by atoms with Crippen LogP contribution in [0.1, 0.15) is 91.2 Å². The van der Waals surface area contributed by atoms with Crippen molar-refractivity contribution in [3.8, 4) is 6.07 Å². The first-order valence-electron chi connectivity index (χ1n) is 12.7. The van der Waals surface area contributed by atoms with Gasteiger partial charge in [0.25, 0.3) is 0 Å². The number of halogens is 1. The predicted molar refractivity (Wildman–Crippen MR) is 147 cm³/mol. The molecule has 0 spiro atoms. The van der Waals surface area contributed by atoms with Crippen molar-refractivity contribution < 1.29 is 14.0 Å². The van der Waals surface area contributed by atoms with Crippen LogP contribution in [0.4, 0.5) is 4.39 Å². The lowest BCUT2D eigenvalue weighted by molar-refractivity contribution is -0.115. The molecular formula is C30H44FN3O2. The van der Waals surface area contributed by atoms with Crippen molar-refractivity contribution in [2.45, 2.75) is 80.1 Å². The van der Waals surface area contributed by atoms with E-state index in [0.29, 0.717) is 29.1 Å². The zero-order valence-corrected chi connectivity index (χ0v) is 23.2. The Morgan fingerprint density at radius 2 is 1.83 bits per heavy atom. The van der Waals surface area contributed by atoms with Gasteiger partial charge < -0.3 is 10.6 Å². The Kier molecular flexibility index (Phi) is 16.5. The Hall–Kier alpha value is -3.20. The van der Waals surface area contributed by atoms with Gasteiger partial charge in [0, 0.05) is 42.5 Å². The highest BCUT2D eigenvalue weighted by molar-refractivity contribution is 5.98. The van der Waals surface area contributed by atoms with Crippen LogP contribution in [0.2, 0.25) is 0 Å². The smallest absolute Gasteiger partial charge is 0.159 e. The molecule has 0 aliphatic heterocycles.